The lowest BCUT2D eigenvalue weighted by molar-refractivity contribution is 0.474. The van der Waals surface area contributed by atoms with E-state index >= 15 is 0 Å². The SMILES string of the molecule is CCNC(=NCCCCn1c(C)cccc1=O)N(C)Cc1ccccc1Br.I. The Labute approximate surface area is 193 Å². The summed E-state index contributed by atoms with van der Waals surface area (Å²) in [6.07, 6.45) is 1.88. The number of nitrogens with one attached hydrogen (secondary N) is 1. The summed E-state index contributed by atoms with van der Waals surface area (Å²) in [5.41, 5.74) is 2.30. The molecule has 0 amide bonds. The first-order valence-corrected chi connectivity index (χ1v) is 10.2. The van der Waals surface area contributed by atoms with E-state index in [1.54, 1.807) is 6.07 Å². The topological polar surface area (TPSA) is 49.6 Å². The Morgan fingerprint density at radius 1 is 1.18 bits per heavy atom. The van der Waals surface area contributed by atoms with Crippen LogP contribution in [0.5, 0.6) is 0 Å². The highest BCUT2D eigenvalue weighted by molar-refractivity contribution is 14.0. The number of rotatable bonds is 8. The van der Waals surface area contributed by atoms with Crippen molar-refractivity contribution in [3.63, 3.8) is 0 Å². The zero-order valence-electron chi connectivity index (χ0n) is 16.8. The van der Waals surface area contributed by atoms with Gasteiger partial charge in [-0.3, -0.25) is 9.79 Å². The highest BCUT2D eigenvalue weighted by Gasteiger charge is 2.08. The monoisotopic (exact) mass is 560 g/mol. The lowest BCUT2D eigenvalue weighted by Gasteiger charge is -2.22. The molecule has 7 heteroatoms. The van der Waals surface area contributed by atoms with Crippen LogP contribution in [0.4, 0.5) is 0 Å². The van der Waals surface area contributed by atoms with Gasteiger partial charge in [-0.2, -0.15) is 0 Å². The van der Waals surface area contributed by atoms with E-state index in [1.165, 1.54) is 5.56 Å². The van der Waals surface area contributed by atoms with Crippen LogP contribution in [0, 0.1) is 6.92 Å². The van der Waals surface area contributed by atoms with E-state index in [4.69, 9.17) is 4.99 Å². The van der Waals surface area contributed by atoms with Crippen LogP contribution in [-0.4, -0.2) is 35.6 Å². The predicted octanol–water partition coefficient (Wildman–Crippen LogP) is 4.41. The molecule has 1 aromatic carbocycles. The minimum absolute atomic E-state index is 0. The van der Waals surface area contributed by atoms with Gasteiger partial charge in [0.15, 0.2) is 5.96 Å². The van der Waals surface area contributed by atoms with E-state index in [2.05, 4.69) is 45.2 Å². The van der Waals surface area contributed by atoms with E-state index in [1.807, 2.05) is 42.8 Å². The molecule has 0 aliphatic carbocycles. The summed E-state index contributed by atoms with van der Waals surface area (Å²) in [6, 6.07) is 13.6. The molecule has 0 bridgehead atoms. The average molecular weight is 561 g/mol. The molecule has 1 aromatic heterocycles. The van der Waals surface area contributed by atoms with E-state index in [9.17, 15) is 4.79 Å². The van der Waals surface area contributed by atoms with Crippen LogP contribution in [-0.2, 0) is 13.1 Å². The van der Waals surface area contributed by atoms with Gasteiger partial charge >= 0.3 is 0 Å². The molecule has 0 saturated carbocycles. The third kappa shape index (κ3) is 7.58. The van der Waals surface area contributed by atoms with Gasteiger partial charge in [-0.1, -0.05) is 40.2 Å². The number of benzene rings is 1. The van der Waals surface area contributed by atoms with Crippen LogP contribution in [0.15, 0.2) is 56.7 Å². The molecule has 0 fully saturated rings. The zero-order chi connectivity index (χ0) is 19.6. The van der Waals surface area contributed by atoms with Gasteiger partial charge in [0.1, 0.15) is 0 Å². The molecular weight excluding hydrogens is 531 g/mol. The first-order valence-electron chi connectivity index (χ1n) is 9.42. The van der Waals surface area contributed by atoms with Gasteiger partial charge in [-0.05, 0) is 44.4 Å². The van der Waals surface area contributed by atoms with Crippen LogP contribution in [0.1, 0.15) is 31.0 Å². The van der Waals surface area contributed by atoms with Gasteiger partial charge < -0.3 is 14.8 Å². The van der Waals surface area contributed by atoms with Gasteiger partial charge in [-0.25, -0.2) is 0 Å². The van der Waals surface area contributed by atoms with Gasteiger partial charge in [-0.15, -0.1) is 24.0 Å². The molecule has 0 spiro atoms. The maximum absolute atomic E-state index is 11.9. The lowest BCUT2D eigenvalue weighted by atomic mass is 10.2. The summed E-state index contributed by atoms with van der Waals surface area (Å²) < 4.78 is 2.94. The molecule has 0 radical (unpaired) electrons. The van der Waals surface area contributed by atoms with E-state index in [-0.39, 0.29) is 29.5 Å². The molecule has 0 aliphatic rings. The highest BCUT2D eigenvalue weighted by atomic mass is 127. The number of aryl methyl sites for hydroxylation is 1. The van der Waals surface area contributed by atoms with Crippen molar-refractivity contribution in [2.75, 3.05) is 20.1 Å². The molecular formula is C21H30BrIN4O. The third-order valence-electron chi connectivity index (χ3n) is 4.38. The first kappa shape index (κ1) is 24.7. The summed E-state index contributed by atoms with van der Waals surface area (Å²) >= 11 is 3.61. The van der Waals surface area contributed by atoms with Gasteiger partial charge in [0.05, 0.1) is 0 Å². The fourth-order valence-corrected chi connectivity index (χ4v) is 3.31. The van der Waals surface area contributed by atoms with Crippen molar-refractivity contribution >= 4 is 45.9 Å². The van der Waals surface area contributed by atoms with Gasteiger partial charge in [0.2, 0.25) is 0 Å². The largest absolute Gasteiger partial charge is 0.357 e. The number of halogens is 2. The molecule has 0 unspecified atom stereocenters. The predicted molar refractivity (Wildman–Crippen MR) is 132 cm³/mol. The second kappa shape index (κ2) is 13.0. The summed E-state index contributed by atoms with van der Waals surface area (Å²) in [5, 5.41) is 3.35. The van der Waals surface area contributed by atoms with Crippen LogP contribution in [0.3, 0.4) is 0 Å². The molecule has 0 saturated heterocycles. The highest BCUT2D eigenvalue weighted by Crippen LogP contribution is 2.17. The minimum Gasteiger partial charge on any atom is -0.357 e. The number of hydrogen-bond acceptors (Lipinski definition) is 2. The van der Waals surface area contributed by atoms with Crippen LogP contribution in [0.2, 0.25) is 0 Å². The van der Waals surface area contributed by atoms with Crippen molar-refractivity contribution in [2.45, 2.75) is 39.8 Å². The maximum atomic E-state index is 11.9. The fraction of sp³-hybridized carbons (Fsp3) is 0.429. The zero-order valence-corrected chi connectivity index (χ0v) is 20.7. The number of pyridine rings is 1. The second-order valence-electron chi connectivity index (χ2n) is 6.55. The molecule has 154 valence electrons. The molecule has 0 aliphatic heterocycles. The lowest BCUT2D eigenvalue weighted by Crippen LogP contribution is -2.38. The number of aromatic nitrogens is 1. The Bertz CT molecular complexity index is 822. The smallest absolute Gasteiger partial charge is 0.250 e. The standard InChI is InChI=1S/C21H29BrN4O.HI/c1-4-23-21(25(3)16-18-11-5-6-12-19(18)22)24-14-7-8-15-26-17(2)10-9-13-20(26)27;/h5-6,9-13H,4,7-8,14-16H2,1-3H3,(H,23,24);1H. The van der Waals surface area contributed by atoms with Crippen LogP contribution >= 0.6 is 39.9 Å². The molecule has 2 rings (SSSR count). The molecule has 1 heterocycles. The molecule has 1 N–H and O–H groups in total. The van der Waals surface area contributed by atoms with Crippen molar-refractivity contribution in [3.05, 3.63) is 68.5 Å². The normalized spacial score (nSPS) is 11.1. The van der Waals surface area contributed by atoms with Crippen molar-refractivity contribution < 1.29 is 0 Å². The Morgan fingerprint density at radius 3 is 2.61 bits per heavy atom. The molecule has 2 aromatic rings. The first-order chi connectivity index (χ1) is 13.0. The number of hydrogen-bond donors (Lipinski definition) is 1. The Kier molecular flexibility index (Phi) is 11.4. The van der Waals surface area contributed by atoms with Crippen LogP contribution < -0.4 is 10.9 Å². The Hall–Kier alpha value is -1.35. The maximum Gasteiger partial charge on any atom is 0.250 e. The summed E-state index contributed by atoms with van der Waals surface area (Å²) in [6.45, 7) is 7.14. The van der Waals surface area contributed by atoms with E-state index in [0.29, 0.717) is 0 Å². The van der Waals surface area contributed by atoms with Gasteiger partial charge in [0.25, 0.3) is 5.56 Å². The summed E-state index contributed by atoms with van der Waals surface area (Å²) in [7, 11) is 2.05. The van der Waals surface area contributed by atoms with Crippen molar-refractivity contribution in [1.29, 1.82) is 0 Å². The molecule has 5 nitrogen and oxygen atoms in total. The van der Waals surface area contributed by atoms with Crippen LogP contribution in [0.25, 0.3) is 0 Å². The average Bonchev–Trinajstić information content (AvgIpc) is 2.64. The Balaban J connectivity index is 0.00000392. The number of unbranched alkanes of at least 4 members (excludes halogenated alkanes) is 1. The second-order valence-corrected chi connectivity index (χ2v) is 7.40. The third-order valence-corrected chi connectivity index (χ3v) is 5.15. The van der Waals surface area contributed by atoms with Gasteiger partial charge in [0, 0.05) is 49.5 Å². The van der Waals surface area contributed by atoms with Crippen molar-refractivity contribution in [1.82, 2.24) is 14.8 Å². The summed E-state index contributed by atoms with van der Waals surface area (Å²) in [4.78, 5) is 18.8. The van der Waals surface area contributed by atoms with E-state index in [0.717, 1.165) is 55.1 Å². The number of aliphatic imine (C=N–C) groups is 1. The molecule has 0 atom stereocenters. The van der Waals surface area contributed by atoms with Crippen molar-refractivity contribution in [2.24, 2.45) is 4.99 Å². The minimum atomic E-state index is 0. The van der Waals surface area contributed by atoms with E-state index < -0.39 is 0 Å². The van der Waals surface area contributed by atoms with Crippen molar-refractivity contribution in [3.8, 4) is 0 Å². The fourth-order valence-electron chi connectivity index (χ4n) is 2.90. The quantitative estimate of drug-likeness (QED) is 0.225. The number of guanidine groups is 1. The summed E-state index contributed by atoms with van der Waals surface area (Å²) in [5.74, 6) is 0.904. The number of nitrogens with zero attached hydrogens (tertiary/aromatic N) is 3. The molecule has 28 heavy (non-hydrogen) atoms. The Morgan fingerprint density at radius 2 is 1.93 bits per heavy atom.